The summed E-state index contributed by atoms with van der Waals surface area (Å²) in [6.07, 6.45) is 1.98. The van der Waals surface area contributed by atoms with Crippen molar-refractivity contribution in [3.05, 3.63) is 99.3 Å². The summed E-state index contributed by atoms with van der Waals surface area (Å²) in [4.78, 5) is 39.2. The normalized spacial score (nSPS) is 14.8. The van der Waals surface area contributed by atoms with Crippen LogP contribution in [0, 0.1) is 11.3 Å². The molecular formula is C28H21ClN2O5. The van der Waals surface area contributed by atoms with E-state index in [9.17, 15) is 19.6 Å². The van der Waals surface area contributed by atoms with E-state index in [1.165, 1.54) is 13.2 Å². The first-order chi connectivity index (χ1) is 17.3. The molecule has 3 aromatic rings. The second-order valence-corrected chi connectivity index (χ2v) is 8.46. The highest BCUT2D eigenvalue weighted by Crippen LogP contribution is 2.31. The van der Waals surface area contributed by atoms with E-state index in [4.69, 9.17) is 20.8 Å². The third-order valence-corrected chi connectivity index (χ3v) is 6.19. The first kappa shape index (κ1) is 24.7. The largest absolute Gasteiger partial charge is 0.465 e. The smallest absolute Gasteiger partial charge is 0.339 e. The average Bonchev–Trinajstić information content (AvgIpc) is 3.36. The molecule has 0 atom stereocenters. The number of nitriles is 1. The van der Waals surface area contributed by atoms with Crippen LogP contribution in [0.4, 0.5) is 0 Å². The molecule has 2 aromatic carbocycles. The van der Waals surface area contributed by atoms with Crippen molar-refractivity contribution >= 4 is 35.5 Å². The van der Waals surface area contributed by atoms with E-state index in [0.717, 1.165) is 10.5 Å². The molecule has 0 N–H and O–H groups in total. The van der Waals surface area contributed by atoms with Gasteiger partial charge in [-0.3, -0.25) is 14.5 Å². The highest BCUT2D eigenvalue weighted by Gasteiger charge is 2.35. The molecule has 0 unspecified atom stereocenters. The molecule has 0 bridgehead atoms. The minimum Gasteiger partial charge on any atom is -0.465 e. The molecule has 1 aliphatic rings. The Morgan fingerprint density at radius 3 is 2.56 bits per heavy atom. The minimum atomic E-state index is -0.607. The Morgan fingerprint density at radius 1 is 1.11 bits per heavy atom. The standard InChI is InChI=1S/C28H21ClN2O5/c1-17-21(26(32)31(27(33)23(17)16-30)13-12-18-6-4-3-5-7-18)15-20-9-11-25(36-20)19-8-10-24(29)22(14-19)28(34)35-2/h3-11,14-15H,12-13H2,1-2H3/b21-15+. The predicted octanol–water partition coefficient (Wildman–Crippen LogP) is 5.22. The molecule has 0 fully saturated rings. The highest BCUT2D eigenvalue weighted by molar-refractivity contribution is 6.33. The number of rotatable bonds is 6. The van der Waals surface area contributed by atoms with E-state index < -0.39 is 17.8 Å². The summed E-state index contributed by atoms with van der Waals surface area (Å²) in [6, 6.07) is 19.6. The second-order valence-electron chi connectivity index (χ2n) is 8.06. The number of benzene rings is 2. The van der Waals surface area contributed by atoms with Crippen LogP contribution in [-0.2, 0) is 20.7 Å². The van der Waals surface area contributed by atoms with E-state index in [2.05, 4.69) is 0 Å². The minimum absolute atomic E-state index is 0.0823. The van der Waals surface area contributed by atoms with Gasteiger partial charge in [0.1, 0.15) is 23.2 Å². The summed E-state index contributed by atoms with van der Waals surface area (Å²) < 4.78 is 10.7. The van der Waals surface area contributed by atoms with Crippen molar-refractivity contribution in [2.24, 2.45) is 0 Å². The average molecular weight is 501 g/mol. The van der Waals surface area contributed by atoms with Crippen LogP contribution in [-0.4, -0.2) is 36.3 Å². The van der Waals surface area contributed by atoms with Gasteiger partial charge in [-0.25, -0.2) is 4.79 Å². The van der Waals surface area contributed by atoms with Crippen LogP contribution in [0.15, 0.2) is 81.8 Å². The van der Waals surface area contributed by atoms with Gasteiger partial charge in [-0.1, -0.05) is 41.9 Å². The van der Waals surface area contributed by atoms with Crippen molar-refractivity contribution in [1.29, 1.82) is 5.26 Å². The number of halogens is 1. The van der Waals surface area contributed by atoms with Crippen LogP contribution in [0.3, 0.4) is 0 Å². The van der Waals surface area contributed by atoms with Crippen LogP contribution in [0.5, 0.6) is 0 Å². The zero-order valence-electron chi connectivity index (χ0n) is 19.6. The Hall–Kier alpha value is -4.41. The molecule has 2 heterocycles. The Balaban J connectivity index is 1.65. The molecule has 7 nitrogen and oxygen atoms in total. The molecule has 0 saturated carbocycles. The van der Waals surface area contributed by atoms with Crippen molar-refractivity contribution in [3.63, 3.8) is 0 Å². The number of hydrogen-bond acceptors (Lipinski definition) is 6. The van der Waals surface area contributed by atoms with Crippen molar-refractivity contribution in [3.8, 4) is 17.4 Å². The molecular weight excluding hydrogens is 480 g/mol. The van der Waals surface area contributed by atoms with E-state index in [1.807, 2.05) is 36.4 Å². The number of hydrogen-bond donors (Lipinski definition) is 0. The van der Waals surface area contributed by atoms with Crippen LogP contribution in [0.2, 0.25) is 5.02 Å². The molecule has 4 rings (SSSR count). The lowest BCUT2D eigenvalue weighted by molar-refractivity contribution is -0.140. The van der Waals surface area contributed by atoms with Gasteiger partial charge in [-0.05, 0) is 60.9 Å². The first-order valence-electron chi connectivity index (χ1n) is 11.0. The molecule has 0 radical (unpaired) electrons. The number of methoxy groups -OCH3 is 1. The zero-order valence-corrected chi connectivity index (χ0v) is 20.3. The van der Waals surface area contributed by atoms with Gasteiger partial charge in [0.15, 0.2) is 0 Å². The summed E-state index contributed by atoms with van der Waals surface area (Å²) >= 11 is 6.10. The lowest BCUT2D eigenvalue weighted by atomic mass is 9.94. The fraction of sp³-hybridized carbons (Fsp3) is 0.143. The maximum absolute atomic E-state index is 13.3. The number of nitrogens with zero attached hydrogens (tertiary/aromatic N) is 2. The Labute approximate surface area is 212 Å². The fourth-order valence-corrected chi connectivity index (χ4v) is 4.09. The van der Waals surface area contributed by atoms with Crippen molar-refractivity contribution in [2.75, 3.05) is 13.7 Å². The summed E-state index contributed by atoms with van der Waals surface area (Å²) in [7, 11) is 1.27. The monoisotopic (exact) mass is 500 g/mol. The second kappa shape index (κ2) is 10.5. The number of carbonyl (C=O) groups excluding carboxylic acids is 3. The Kier molecular flexibility index (Phi) is 7.18. The number of imide groups is 1. The van der Waals surface area contributed by atoms with Gasteiger partial charge < -0.3 is 9.15 Å². The van der Waals surface area contributed by atoms with Gasteiger partial charge in [0.25, 0.3) is 11.8 Å². The zero-order chi connectivity index (χ0) is 25.8. The van der Waals surface area contributed by atoms with E-state index in [-0.39, 0.29) is 28.3 Å². The van der Waals surface area contributed by atoms with Crippen molar-refractivity contribution in [1.82, 2.24) is 4.90 Å². The maximum atomic E-state index is 13.3. The number of carbonyl (C=O) groups is 3. The van der Waals surface area contributed by atoms with Crippen molar-refractivity contribution in [2.45, 2.75) is 13.3 Å². The molecule has 0 aliphatic carbocycles. The van der Waals surface area contributed by atoms with Crippen LogP contribution in [0.25, 0.3) is 17.4 Å². The SMILES string of the molecule is COC(=O)c1cc(-c2ccc(/C=C3/C(=O)N(CCc4ccccc4)C(=O)C(C#N)=C3C)o2)ccc1Cl. The van der Waals surface area contributed by atoms with Crippen LogP contribution < -0.4 is 0 Å². The topological polar surface area (TPSA) is 101 Å². The molecule has 8 heteroatoms. The van der Waals surface area contributed by atoms with Gasteiger partial charge >= 0.3 is 5.97 Å². The molecule has 0 spiro atoms. The fourth-order valence-electron chi connectivity index (χ4n) is 3.89. The number of ether oxygens (including phenoxy) is 1. The summed E-state index contributed by atoms with van der Waals surface area (Å²) in [5, 5.41) is 9.85. The van der Waals surface area contributed by atoms with Gasteiger partial charge in [-0.15, -0.1) is 0 Å². The van der Waals surface area contributed by atoms with E-state index in [0.29, 0.717) is 29.1 Å². The number of esters is 1. The lowest BCUT2D eigenvalue weighted by Gasteiger charge is -2.27. The quantitative estimate of drug-likeness (QED) is 0.261. The van der Waals surface area contributed by atoms with Crippen LogP contribution >= 0.6 is 11.6 Å². The molecule has 180 valence electrons. The van der Waals surface area contributed by atoms with Gasteiger partial charge in [-0.2, -0.15) is 5.26 Å². The summed E-state index contributed by atoms with van der Waals surface area (Å²) in [5.41, 5.74) is 2.16. The predicted molar refractivity (Wildman–Crippen MR) is 134 cm³/mol. The van der Waals surface area contributed by atoms with Crippen LogP contribution in [0.1, 0.15) is 28.6 Å². The maximum Gasteiger partial charge on any atom is 0.339 e. The van der Waals surface area contributed by atoms with E-state index >= 15 is 0 Å². The number of amides is 2. The van der Waals surface area contributed by atoms with Gasteiger partial charge in [0.2, 0.25) is 0 Å². The third-order valence-electron chi connectivity index (χ3n) is 5.86. The highest BCUT2D eigenvalue weighted by atomic mass is 35.5. The number of furan rings is 1. The Bertz CT molecular complexity index is 1460. The molecule has 2 amide bonds. The molecule has 0 saturated heterocycles. The van der Waals surface area contributed by atoms with Gasteiger partial charge in [0, 0.05) is 17.7 Å². The lowest BCUT2D eigenvalue weighted by Crippen LogP contribution is -2.43. The molecule has 1 aliphatic heterocycles. The van der Waals surface area contributed by atoms with Gasteiger partial charge in [0.05, 0.1) is 17.7 Å². The summed E-state index contributed by atoms with van der Waals surface area (Å²) in [6.45, 7) is 1.71. The summed E-state index contributed by atoms with van der Waals surface area (Å²) in [5.74, 6) is -0.897. The van der Waals surface area contributed by atoms with E-state index in [1.54, 1.807) is 37.3 Å². The first-order valence-corrected chi connectivity index (χ1v) is 11.4. The Morgan fingerprint density at radius 2 is 1.86 bits per heavy atom. The molecule has 36 heavy (non-hydrogen) atoms. The molecule has 1 aromatic heterocycles. The third kappa shape index (κ3) is 4.85. The van der Waals surface area contributed by atoms with Crippen molar-refractivity contribution < 1.29 is 23.5 Å².